The van der Waals surface area contributed by atoms with Crippen molar-refractivity contribution in [1.82, 2.24) is 4.90 Å². The molecule has 0 spiro atoms. The Labute approximate surface area is 143 Å². The molecule has 0 saturated carbocycles. The minimum atomic E-state index is -0.540. The molecule has 0 bridgehead atoms. The maximum absolute atomic E-state index is 10.2. The summed E-state index contributed by atoms with van der Waals surface area (Å²) in [6.45, 7) is 4.76. The predicted molar refractivity (Wildman–Crippen MR) is 95.2 cm³/mol. The maximum Gasteiger partial charge on any atom is 0.138 e. The van der Waals surface area contributed by atoms with Crippen molar-refractivity contribution < 1.29 is 9.84 Å². The molecule has 0 radical (unpaired) electrons. The van der Waals surface area contributed by atoms with Gasteiger partial charge in [-0.2, -0.15) is 0 Å². The van der Waals surface area contributed by atoms with Crippen molar-refractivity contribution in [3.8, 4) is 5.75 Å². The van der Waals surface area contributed by atoms with Crippen LogP contribution in [0.1, 0.15) is 12.5 Å². The van der Waals surface area contributed by atoms with Crippen LogP contribution in [0.25, 0.3) is 0 Å². The van der Waals surface area contributed by atoms with Gasteiger partial charge in [0.05, 0.1) is 5.02 Å². The summed E-state index contributed by atoms with van der Waals surface area (Å²) in [4.78, 5) is 2.23. The smallest absolute Gasteiger partial charge is 0.138 e. The fourth-order valence-corrected chi connectivity index (χ4v) is 2.60. The monoisotopic (exact) mass is 333 g/mol. The van der Waals surface area contributed by atoms with Crippen LogP contribution in [-0.2, 0) is 6.42 Å². The summed E-state index contributed by atoms with van der Waals surface area (Å²) in [7, 11) is 0. The summed E-state index contributed by atoms with van der Waals surface area (Å²) in [6, 6.07) is 17.7. The van der Waals surface area contributed by atoms with Gasteiger partial charge in [-0.3, -0.25) is 0 Å². The van der Waals surface area contributed by atoms with Gasteiger partial charge in [0.2, 0.25) is 0 Å². The molecule has 1 atom stereocenters. The molecule has 4 heteroatoms. The lowest BCUT2D eigenvalue weighted by molar-refractivity contribution is 0.0703. The van der Waals surface area contributed by atoms with Gasteiger partial charge in [-0.1, -0.05) is 61.0 Å². The Bertz CT molecular complexity index is 577. The number of aliphatic hydroxyl groups excluding tert-OH is 1. The van der Waals surface area contributed by atoms with E-state index in [1.807, 2.05) is 24.3 Å². The highest BCUT2D eigenvalue weighted by atomic mass is 35.5. The fraction of sp³-hybridized carbons (Fsp3) is 0.368. The van der Waals surface area contributed by atoms with Crippen LogP contribution >= 0.6 is 11.6 Å². The Hall–Kier alpha value is -1.55. The summed E-state index contributed by atoms with van der Waals surface area (Å²) >= 11 is 6.04. The third-order valence-electron chi connectivity index (χ3n) is 3.74. The molecule has 0 fully saturated rings. The first-order chi connectivity index (χ1) is 11.2. The van der Waals surface area contributed by atoms with Gasteiger partial charge in [0.1, 0.15) is 18.5 Å². The molecule has 0 aliphatic rings. The molecule has 2 rings (SSSR count). The van der Waals surface area contributed by atoms with Crippen LogP contribution in [-0.4, -0.2) is 42.4 Å². The van der Waals surface area contributed by atoms with Crippen LogP contribution in [0.3, 0.4) is 0 Å². The first-order valence-electron chi connectivity index (χ1n) is 8.00. The van der Waals surface area contributed by atoms with E-state index in [4.69, 9.17) is 16.3 Å². The summed E-state index contributed by atoms with van der Waals surface area (Å²) < 4.78 is 5.60. The van der Waals surface area contributed by atoms with Crippen molar-refractivity contribution in [2.24, 2.45) is 0 Å². The average Bonchev–Trinajstić information content (AvgIpc) is 2.58. The van der Waals surface area contributed by atoms with Crippen LogP contribution in [0.2, 0.25) is 5.02 Å². The first-order valence-corrected chi connectivity index (χ1v) is 8.38. The molecule has 3 nitrogen and oxygen atoms in total. The Morgan fingerprint density at radius 2 is 1.78 bits per heavy atom. The number of likely N-dealkylation sites (N-methyl/N-ethyl adjacent to an activating group) is 1. The summed E-state index contributed by atoms with van der Waals surface area (Å²) in [5.41, 5.74) is 1.31. The maximum atomic E-state index is 10.2. The standard InChI is InChI=1S/C19H24ClNO2/c1-2-21(13-12-16-8-4-3-5-9-16)14-17(22)15-23-19-11-7-6-10-18(19)20/h3-11,17,22H,2,12-15H2,1H3. The largest absolute Gasteiger partial charge is 0.489 e. The second-order valence-corrected chi connectivity index (χ2v) is 5.93. The lowest BCUT2D eigenvalue weighted by Crippen LogP contribution is -2.36. The third-order valence-corrected chi connectivity index (χ3v) is 4.06. The minimum absolute atomic E-state index is 0.242. The molecular formula is C19H24ClNO2. The molecule has 2 aromatic rings. The zero-order valence-corrected chi connectivity index (χ0v) is 14.2. The number of ether oxygens (including phenoxy) is 1. The van der Waals surface area contributed by atoms with Crippen LogP contribution in [0, 0.1) is 0 Å². The van der Waals surface area contributed by atoms with Crippen LogP contribution in [0.15, 0.2) is 54.6 Å². The molecule has 23 heavy (non-hydrogen) atoms. The molecular weight excluding hydrogens is 310 g/mol. The quantitative estimate of drug-likeness (QED) is 0.760. The lowest BCUT2D eigenvalue weighted by atomic mass is 10.1. The second-order valence-electron chi connectivity index (χ2n) is 5.52. The van der Waals surface area contributed by atoms with E-state index < -0.39 is 6.10 Å². The Balaban J connectivity index is 1.76. The Morgan fingerprint density at radius 1 is 1.09 bits per heavy atom. The number of hydrogen-bond acceptors (Lipinski definition) is 3. The third kappa shape index (κ3) is 6.22. The van der Waals surface area contributed by atoms with Gasteiger partial charge in [0.25, 0.3) is 0 Å². The Kier molecular flexibility index (Phi) is 7.40. The number of para-hydroxylation sites is 1. The van der Waals surface area contributed by atoms with E-state index in [-0.39, 0.29) is 6.61 Å². The van der Waals surface area contributed by atoms with Gasteiger partial charge < -0.3 is 14.7 Å². The van der Waals surface area contributed by atoms with Gasteiger partial charge in [0.15, 0.2) is 0 Å². The molecule has 0 amide bonds. The highest BCUT2D eigenvalue weighted by Crippen LogP contribution is 2.23. The normalized spacial score (nSPS) is 12.3. The van der Waals surface area contributed by atoms with E-state index in [1.165, 1.54) is 5.56 Å². The zero-order valence-electron chi connectivity index (χ0n) is 13.5. The van der Waals surface area contributed by atoms with Gasteiger partial charge in [-0.05, 0) is 30.7 Å². The van der Waals surface area contributed by atoms with E-state index in [9.17, 15) is 5.11 Å². The minimum Gasteiger partial charge on any atom is -0.489 e. The number of rotatable bonds is 9. The summed E-state index contributed by atoms with van der Waals surface area (Å²) in [5, 5.41) is 10.8. The molecule has 0 saturated heterocycles. The molecule has 1 N–H and O–H groups in total. The van der Waals surface area contributed by atoms with Gasteiger partial charge in [-0.25, -0.2) is 0 Å². The van der Waals surface area contributed by atoms with Crippen molar-refractivity contribution >= 4 is 11.6 Å². The van der Waals surface area contributed by atoms with Crippen molar-refractivity contribution in [3.05, 3.63) is 65.2 Å². The topological polar surface area (TPSA) is 32.7 Å². The Morgan fingerprint density at radius 3 is 2.48 bits per heavy atom. The SMILES string of the molecule is CCN(CCc1ccccc1)CC(O)COc1ccccc1Cl. The van der Waals surface area contributed by atoms with Crippen molar-refractivity contribution in [3.63, 3.8) is 0 Å². The van der Waals surface area contributed by atoms with E-state index in [2.05, 4.69) is 36.1 Å². The van der Waals surface area contributed by atoms with Crippen LogP contribution < -0.4 is 4.74 Å². The van der Waals surface area contributed by atoms with Crippen molar-refractivity contribution in [2.45, 2.75) is 19.4 Å². The van der Waals surface area contributed by atoms with E-state index in [0.717, 1.165) is 19.5 Å². The first kappa shape index (κ1) is 17.8. The van der Waals surface area contributed by atoms with E-state index in [0.29, 0.717) is 17.3 Å². The zero-order chi connectivity index (χ0) is 16.5. The average molecular weight is 334 g/mol. The summed E-state index contributed by atoms with van der Waals surface area (Å²) in [5.74, 6) is 0.612. The predicted octanol–water partition coefficient (Wildman–Crippen LogP) is 3.64. The molecule has 1 unspecified atom stereocenters. The summed E-state index contributed by atoms with van der Waals surface area (Å²) in [6.07, 6.45) is 0.439. The molecule has 0 aromatic heterocycles. The molecule has 124 valence electrons. The number of nitrogens with zero attached hydrogens (tertiary/aromatic N) is 1. The van der Waals surface area contributed by atoms with Crippen molar-refractivity contribution in [2.75, 3.05) is 26.2 Å². The van der Waals surface area contributed by atoms with Gasteiger partial charge in [-0.15, -0.1) is 0 Å². The van der Waals surface area contributed by atoms with Crippen molar-refractivity contribution in [1.29, 1.82) is 0 Å². The second kappa shape index (κ2) is 9.56. The lowest BCUT2D eigenvalue weighted by Gasteiger charge is -2.23. The highest BCUT2D eigenvalue weighted by Gasteiger charge is 2.12. The number of halogens is 1. The number of benzene rings is 2. The van der Waals surface area contributed by atoms with Crippen LogP contribution in [0.5, 0.6) is 5.75 Å². The highest BCUT2D eigenvalue weighted by molar-refractivity contribution is 6.32. The van der Waals surface area contributed by atoms with E-state index >= 15 is 0 Å². The molecule has 0 heterocycles. The molecule has 0 aliphatic carbocycles. The fourth-order valence-electron chi connectivity index (χ4n) is 2.41. The number of aliphatic hydroxyl groups is 1. The van der Waals surface area contributed by atoms with E-state index in [1.54, 1.807) is 6.07 Å². The van der Waals surface area contributed by atoms with Crippen LogP contribution in [0.4, 0.5) is 0 Å². The number of hydrogen-bond donors (Lipinski definition) is 1. The van der Waals surface area contributed by atoms with Gasteiger partial charge >= 0.3 is 0 Å². The van der Waals surface area contributed by atoms with Gasteiger partial charge in [0, 0.05) is 13.1 Å². The molecule has 2 aromatic carbocycles. The molecule has 0 aliphatic heterocycles.